The molecule has 1 aliphatic heterocycles. The summed E-state index contributed by atoms with van der Waals surface area (Å²) < 4.78 is 5.60. The summed E-state index contributed by atoms with van der Waals surface area (Å²) in [6, 6.07) is 9.58. The highest BCUT2D eigenvalue weighted by Gasteiger charge is 2.22. The van der Waals surface area contributed by atoms with Crippen molar-refractivity contribution in [2.24, 2.45) is 0 Å². The number of amides is 2. The Bertz CT molecular complexity index is 700. The second-order valence-electron chi connectivity index (χ2n) is 5.67. The van der Waals surface area contributed by atoms with Gasteiger partial charge in [0.05, 0.1) is 12.6 Å². The first-order valence-corrected chi connectivity index (χ1v) is 9.00. The Hall–Kier alpha value is -2.34. The topological polar surface area (TPSA) is 67.4 Å². The maximum Gasteiger partial charge on any atom is 0.252 e. The SMILES string of the molecule is O=C(CCCNC(=O)c1ccsc1)NC1CCOc2ccccc21. The molecule has 1 aromatic heterocycles. The van der Waals surface area contributed by atoms with Crippen molar-refractivity contribution in [3.05, 3.63) is 52.2 Å². The van der Waals surface area contributed by atoms with Crippen LogP contribution in [0.2, 0.25) is 0 Å². The molecule has 24 heavy (non-hydrogen) atoms. The van der Waals surface area contributed by atoms with Crippen LogP contribution in [0.4, 0.5) is 0 Å². The molecule has 2 N–H and O–H groups in total. The number of carbonyl (C=O) groups excluding carboxylic acids is 2. The van der Waals surface area contributed by atoms with Gasteiger partial charge in [-0.1, -0.05) is 18.2 Å². The second-order valence-corrected chi connectivity index (χ2v) is 6.45. The Kier molecular flexibility index (Phi) is 5.48. The van der Waals surface area contributed by atoms with E-state index in [0.29, 0.717) is 31.6 Å². The zero-order valence-corrected chi connectivity index (χ0v) is 14.1. The molecule has 2 amide bonds. The summed E-state index contributed by atoms with van der Waals surface area (Å²) in [5.41, 5.74) is 1.70. The first-order chi connectivity index (χ1) is 11.7. The Morgan fingerprint density at radius 3 is 2.96 bits per heavy atom. The van der Waals surface area contributed by atoms with Crippen LogP contribution in [0.1, 0.15) is 41.2 Å². The highest BCUT2D eigenvalue weighted by molar-refractivity contribution is 7.08. The van der Waals surface area contributed by atoms with Gasteiger partial charge in [0, 0.05) is 35.9 Å². The summed E-state index contributed by atoms with van der Waals surface area (Å²) in [5, 5.41) is 9.57. The Labute approximate surface area is 145 Å². The number of ether oxygens (including phenoxy) is 1. The van der Waals surface area contributed by atoms with Gasteiger partial charge in [0.1, 0.15) is 5.75 Å². The van der Waals surface area contributed by atoms with E-state index in [1.807, 2.05) is 35.0 Å². The number of hydrogen-bond donors (Lipinski definition) is 2. The smallest absolute Gasteiger partial charge is 0.252 e. The zero-order valence-electron chi connectivity index (χ0n) is 13.3. The van der Waals surface area contributed by atoms with Crippen LogP contribution in [0.5, 0.6) is 5.75 Å². The minimum Gasteiger partial charge on any atom is -0.493 e. The molecule has 1 atom stereocenters. The molecule has 1 aromatic carbocycles. The number of nitrogens with one attached hydrogen (secondary N) is 2. The molecule has 5 nitrogen and oxygen atoms in total. The summed E-state index contributed by atoms with van der Waals surface area (Å²) in [6.07, 6.45) is 1.79. The van der Waals surface area contributed by atoms with Gasteiger partial charge in [0.25, 0.3) is 5.91 Å². The van der Waals surface area contributed by atoms with Crippen LogP contribution < -0.4 is 15.4 Å². The molecule has 0 saturated heterocycles. The third kappa shape index (κ3) is 4.14. The normalized spacial score (nSPS) is 15.9. The van der Waals surface area contributed by atoms with Crippen molar-refractivity contribution < 1.29 is 14.3 Å². The average molecular weight is 344 g/mol. The minimum atomic E-state index is -0.0879. The summed E-state index contributed by atoms with van der Waals surface area (Å²) >= 11 is 1.49. The van der Waals surface area contributed by atoms with Crippen LogP contribution in [0.25, 0.3) is 0 Å². The highest BCUT2D eigenvalue weighted by Crippen LogP contribution is 2.31. The predicted octanol–water partition coefficient (Wildman–Crippen LogP) is 2.90. The van der Waals surface area contributed by atoms with E-state index in [9.17, 15) is 9.59 Å². The van der Waals surface area contributed by atoms with Gasteiger partial charge >= 0.3 is 0 Å². The fraction of sp³-hybridized carbons (Fsp3) is 0.333. The van der Waals surface area contributed by atoms with Gasteiger partial charge in [0.15, 0.2) is 0 Å². The van der Waals surface area contributed by atoms with Crippen molar-refractivity contribution in [2.45, 2.75) is 25.3 Å². The number of rotatable bonds is 6. The molecule has 0 bridgehead atoms. The molecule has 0 fully saturated rings. The van der Waals surface area contributed by atoms with Crippen molar-refractivity contribution in [2.75, 3.05) is 13.2 Å². The number of fused-ring (bicyclic) bond motifs is 1. The molecule has 2 heterocycles. The molecule has 3 rings (SSSR count). The minimum absolute atomic E-state index is 0.00138. The first kappa shape index (κ1) is 16.5. The summed E-state index contributed by atoms with van der Waals surface area (Å²) in [4.78, 5) is 23.9. The standard InChI is InChI=1S/C18H20N2O3S/c21-17(6-3-9-19-18(22)13-8-11-24-12-13)20-15-7-10-23-16-5-2-1-4-14(15)16/h1-2,4-5,8,11-12,15H,3,6-7,9-10H2,(H,19,22)(H,20,21). The molecule has 0 aliphatic carbocycles. The van der Waals surface area contributed by atoms with Gasteiger partial charge in [-0.25, -0.2) is 0 Å². The number of thiophene rings is 1. The summed E-state index contributed by atoms with van der Waals surface area (Å²) in [5.74, 6) is 0.758. The maximum atomic E-state index is 12.1. The van der Waals surface area contributed by atoms with E-state index in [1.165, 1.54) is 11.3 Å². The van der Waals surface area contributed by atoms with E-state index in [1.54, 1.807) is 6.07 Å². The zero-order chi connectivity index (χ0) is 16.8. The molecule has 2 aromatic rings. The molecule has 0 saturated carbocycles. The molecular weight excluding hydrogens is 324 g/mol. The molecule has 1 aliphatic rings. The van der Waals surface area contributed by atoms with E-state index < -0.39 is 0 Å². The van der Waals surface area contributed by atoms with Crippen molar-refractivity contribution in [1.82, 2.24) is 10.6 Å². The second kappa shape index (κ2) is 7.97. The fourth-order valence-electron chi connectivity index (χ4n) is 2.71. The lowest BCUT2D eigenvalue weighted by atomic mass is 10.0. The Morgan fingerprint density at radius 2 is 2.12 bits per heavy atom. The molecule has 0 radical (unpaired) electrons. The van der Waals surface area contributed by atoms with Gasteiger partial charge in [-0.15, -0.1) is 0 Å². The molecular formula is C18H20N2O3S. The predicted molar refractivity (Wildman–Crippen MR) is 93.3 cm³/mol. The van der Waals surface area contributed by atoms with Crippen LogP contribution >= 0.6 is 11.3 Å². The lowest BCUT2D eigenvalue weighted by Crippen LogP contribution is -2.32. The monoisotopic (exact) mass is 344 g/mol. The summed E-state index contributed by atoms with van der Waals surface area (Å²) in [7, 11) is 0. The Balaban J connectivity index is 1.41. The average Bonchev–Trinajstić information content (AvgIpc) is 3.14. The quantitative estimate of drug-likeness (QED) is 0.792. The van der Waals surface area contributed by atoms with Crippen LogP contribution in [0.3, 0.4) is 0 Å². The van der Waals surface area contributed by atoms with Crippen LogP contribution in [0.15, 0.2) is 41.1 Å². The fourth-order valence-corrected chi connectivity index (χ4v) is 3.34. The molecule has 126 valence electrons. The van der Waals surface area contributed by atoms with E-state index in [2.05, 4.69) is 10.6 Å². The Morgan fingerprint density at radius 1 is 1.25 bits per heavy atom. The van der Waals surface area contributed by atoms with Gasteiger partial charge in [0.2, 0.25) is 5.91 Å². The van der Waals surface area contributed by atoms with E-state index in [4.69, 9.17) is 4.74 Å². The van der Waals surface area contributed by atoms with Gasteiger partial charge < -0.3 is 15.4 Å². The number of benzene rings is 1. The maximum absolute atomic E-state index is 12.1. The lowest BCUT2D eigenvalue weighted by Gasteiger charge is -2.26. The number of hydrogen-bond acceptors (Lipinski definition) is 4. The van der Waals surface area contributed by atoms with Crippen molar-refractivity contribution in [1.29, 1.82) is 0 Å². The lowest BCUT2D eigenvalue weighted by molar-refractivity contribution is -0.122. The van der Waals surface area contributed by atoms with Gasteiger partial charge in [-0.3, -0.25) is 9.59 Å². The van der Waals surface area contributed by atoms with E-state index in [-0.39, 0.29) is 17.9 Å². The van der Waals surface area contributed by atoms with Crippen molar-refractivity contribution >= 4 is 23.2 Å². The van der Waals surface area contributed by atoms with Gasteiger partial charge in [-0.2, -0.15) is 11.3 Å². The summed E-state index contributed by atoms with van der Waals surface area (Å²) in [6.45, 7) is 1.10. The van der Waals surface area contributed by atoms with E-state index in [0.717, 1.165) is 17.7 Å². The third-order valence-corrected chi connectivity index (χ3v) is 4.63. The van der Waals surface area contributed by atoms with Crippen LogP contribution in [-0.2, 0) is 4.79 Å². The largest absolute Gasteiger partial charge is 0.493 e. The highest BCUT2D eigenvalue weighted by atomic mass is 32.1. The van der Waals surface area contributed by atoms with E-state index >= 15 is 0 Å². The van der Waals surface area contributed by atoms with Crippen molar-refractivity contribution in [3.8, 4) is 5.75 Å². The number of carbonyl (C=O) groups is 2. The molecule has 6 heteroatoms. The van der Waals surface area contributed by atoms with Crippen molar-refractivity contribution in [3.63, 3.8) is 0 Å². The van der Waals surface area contributed by atoms with Gasteiger partial charge in [-0.05, 0) is 23.9 Å². The molecule has 0 spiro atoms. The van der Waals surface area contributed by atoms with Crippen LogP contribution in [0, 0.1) is 0 Å². The first-order valence-electron chi connectivity index (χ1n) is 8.05. The number of para-hydroxylation sites is 1. The third-order valence-electron chi connectivity index (χ3n) is 3.94. The molecule has 1 unspecified atom stereocenters. The van der Waals surface area contributed by atoms with Crippen LogP contribution in [-0.4, -0.2) is 25.0 Å².